The van der Waals surface area contributed by atoms with E-state index >= 15 is 0 Å². The molecule has 2 fully saturated rings. The topological polar surface area (TPSA) is 228 Å². The highest BCUT2D eigenvalue weighted by Gasteiger charge is 2.51. The maximum Gasteiger partial charge on any atom is 0.220 e. The van der Waals surface area contributed by atoms with E-state index in [0.29, 0.717) is 6.42 Å². The fraction of sp³-hybridized carbons (Fsp3) is 0.907. The third kappa shape index (κ3) is 27.3. The fourth-order valence-corrected chi connectivity index (χ4v) is 9.11. The number of ether oxygens (including phenoxy) is 4. The van der Waals surface area contributed by atoms with Gasteiger partial charge in [-0.3, -0.25) is 4.79 Å². The highest BCUT2D eigenvalue weighted by atomic mass is 16.7. The number of nitrogens with one attached hydrogen (secondary N) is 1. The molecule has 0 radical (unpaired) electrons. The number of carbonyl (C=O) groups excluding carboxylic acids is 1. The van der Waals surface area contributed by atoms with E-state index in [2.05, 4.69) is 31.3 Å². The van der Waals surface area contributed by atoms with Gasteiger partial charge in [-0.1, -0.05) is 192 Å². The third-order valence-electron chi connectivity index (χ3n) is 13.6. The van der Waals surface area contributed by atoms with Gasteiger partial charge in [0.05, 0.1) is 32.0 Å². The summed E-state index contributed by atoms with van der Waals surface area (Å²) in [4.78, 5) is 13.2. The maximum absolute atomic E-state index is 13.2. The lowest BCUT2D eigenvalue weighted by molar-refractivity contribution is -0.359. The first-order chi connectivity index (χ1) is 33.1. The Morgan fingerprint density at radius 2 is 0.926 bits per heavy atom. The van der Waals surface area contributed by atoms with Gasteiger partial charge in [0.2, 0.25) is 5.91 Å². The van der Waals surface area contributed by atoms with Crippen molar-refractivity contribution in [3.63, 3.8) is 0 Å². The summed E-state index contributed by atoms with van der Waals surface area (Å²) in [5, 5.41) is 86.9. The molecule has 12 unspecified atom stereocenters. The van der Waals surface area contributed by atoms with Gasteiger partial charge in [0.15, 0.2) is 12.6 Å². The van der Waals surface area contributed by atoms with Crippen molar-refractivity contribution in [2.75, 3.05) is 19.8 Å². The number of rotatable bonds is 43. The SMILES string of the molecule is CCCCCCCCC/C=C\CCCCCCCC(=O)NC(COC1OC(CO)C(OC2OC(CO)C(O)C(O)C2O)C(O)C1O)C(O)/C=C/CCCCCCCCCCCCCCCCCC. The molecule has 0 bridgehead atoms. The van der Waals surface area contributed by atoms with Crippen LogP contribution in [0.15, 0.2) is 24.3 Å². The molecule has 2 aliphatic heterocycles. The largest absolute Gasteiger partial charge is 0.394 e. The average molecular weight is 972 g/mol. The molecule has 0 saturated carbocycles. The van der Waals surface area contributed by atoms with Gasteiger partial charge in [-0.2, -0.15) is 0 Å². The molecule has 9 N–H and O–H groups in total. The molecule has 2 saturated heterocycles. The average Bonchev–Trinajstić information content (AvgIpc) is 3.34. The van der Waals surface area contributed by atoms with Crippen LogP contribution in [0.2, 0.25) is 0 Å². The predicted octanol–water partition coefficient (Wildman–Crippen LogP) is 8.11. The van der Waals surface area contributed by atoms with Crippen LogP contribution < -0.4 is 5.32 Å². The lowest BCUT2D eigenvalue weighted by Gasteiger charge is -2.46. The Labute approximate surface area is 411 Å². The highest BCUT2D eigenvalue weighted by Crippen LogP contribution is 2.30. The van der Waals surface area contributed by atoms with E-state index in [0.717, 1.165) is 57.8 Å². The van der Waals surface area contributed by atoms with Crippen molar-refractivity contribution in [3.05, 3.63) is 24.3 Å². The normalized spacial score (nSPS) is 26.5. The summed E-state index contributed by atoms with van der Waals surface area (Å²) < 4.78 is 22.7. The molecule has 2 rings (SSSR count). The number of unbranched alkanes of at least 4 members (excludes halogenated alkanes) is 28. The lowest BCUT2D eigenvalue weighted by Crippen LogP contribution is -2.65. The van der Waals surface area contributed by atoms with E-state index in [1.165, 1.54) is 135 Å². The minimum atomic E-state index is -1.79. The van der Waals surface area contributed by atoms with Crippen LogP contribution in [0.4, 0.5) is 0 Å². The minimum Gasteiger partial charge on any atom is -0.394 e. The smallest absolute Gasteiger partial charge is 0.220 e. The zero-order chi connectivity index (χ0) is 49.6. The number of hydrogen-bond donors (Lipinski definition) is 9. The molecule has 0 aliphatic carbocycles. The first-order valence-electron chi connectivity index (χ1n) is 27.6. The lowest BCUT2D eigenvalue weighted by atomic mass is 9.97. The summed E-state index contributed by atoms with van der Waals surface area (Å²) in [6.07, 6.45) is 29.2. The Bertz CT molecular complexity index is 1240. The summed E-state index contributed by atoms with van der Waals surface area (Å²) in [5.41, 5.74) is 0. The van der Waals surface area contributed by atoms with Crippen molar-refractivity contribution in [1.82, 2.24) is 5.32 Å². The number of amides is 1. The van der Waals surface area contributed by atoms with Crippen molar-refractivity contribution in [2.45, 2.75) is 293 Å². The molecule has 0 aromatic rings. The van der Waals surface area contributed by atoms with Crippen molar-refractivity contribution in [3.8, 4) is 0 Å². The Morgan fingerprint density at radius 3 is 1.40 bits per heavy atom. The van der Waals surface area contributed by atoms with Crippen molar-refractivity contribution >= 4 is 5.91 Å². The molecular weight excluding hydrogens is 871 g/mol. The third-order valence-corrected chi connectivity index (χ3v) is 13.6. The Morgan fingerprint density at radius 1 is 0.515 bits per heavy atom. The molecule has 0 aromatic heterocycles. The molecule has 2 aliphatic rings. The summed E-state index contributed by atoms with van der Waals surface area (Å²) in [6, 6.07) is -0.916. The Kier molecular flexibility index (Phi) is 37.7. The number of hydrogen-bond acceptors (Lipinski definition) is 13. The van der Waals surface area contributed by atoms with Gasteiger partial charge in [0.25, 0.3) is 0 Å². The van der Waals surface area contributed by atoms with Crippen LogP contribution in [-0.4, -0.2) is 140 Å². The number of aliphatic hydroxyl groups is 8. The van der Waals surface area contributed by atoms with Crippen LogP contribution in [-0.2, 0) is 23.7 Å². The zero-order valence-corrected chi connectivity index (χ0v) is 42.6. The van der Waals surface area contributed by atoms with Gasteiger partial charge in [0, 0.05) is 6.42 Å². The van der Waals surface area contributed by atoms with E-state index < -0.39 is 86.8 Å². The van der Waals surface area contributed by atoms with Crippen LogP contribution in [0.3, 0.4) is 0 Å². The molecule has 14 nitrogen and oxygen atoms in total. The van der Waals surface area contributed by atoms with Crippen LogP contribution in [0, 0.1) is 0 Å². The molecule has 400 valence electrons. The van der Waals surface area contributed by atoms with E-state index in [1.807, 2.05) is 6.08 Å². The van der Waals surface area contributed by atoms with Crippen LogP contribution in [0.5, 0.6) is 0 Å². The van der Waals surface area contributed by atoms with Crippen LogP contribution >= 0.6 is 0 Å². The quantitative estimate of drug-likeness (QED) is 0.0208. The van der Waals surface area contributed by atoms with Crippen molar-refractivity contribution in [2.24, 2.45) is 0 Å². The molecule has 2 heterocycles. The maximum atomic E-state index is 13.2. The molecular formula is C54H101NO13. The predicted molar refractivity (Wildman–Crippen MR) is 268 cm³/mol. The second-order valence-corrected chi connectivity index (χ2v) is 19.7. The number of allylic oxidation sites excluding steroid dienone is 3. The molecule has 14 heteroatoms. The fourth-order valence-electron chi connectivity index (χ4n) is 9.11. The van der Waals surface area contributed by atoms with E-state index in [4.69, 9.17) is 18.9 Å². The van der Waals surface area contributed by atoms with Gasteiger partial charge in [0.1, 0.15) is 48.8 Å². The zero-order valence-electron chi connectivity index (χ0n) is 42.6. The van der Waals surface area contributed by atoms with Crippen LogP contribution in [0.1, 0.15) is 219 Å². The second-order valence-electron chi connectivity index (χ2n) is 19.7. The first-order valence-corrected chi connectivity index (χ1v) is 27.6. The van der Waals surface area contributed by atoms with E-state index in [1.54, 1.807) is 6.08 Å². The Balaban J connectivity index is 1.82. The summed E-state index contributed by atoms with van der Waals surface area (Å²) >= 11 is 0. The van der Waals surface area contributed by atoms with E-state index in [-0.39, 0.29) is 18.9 Å². The van der Waals surface area contributed by atoms with Gasteiger partial charge in [-0.05, 0) is 44.9 Å². The van der Waals surface area contributed by atoms with E-state index in [9.17, 15) is 45.6 Å². The number of aliphatic hydroxyl groups excluding tert-OH is 8. The summed E-state index contributed by atoms with van der Waals surface area (Å²) in [6.45, 7) is 2.79. The molecule has 0 spiro atoms. The standard InChI is InChI=1S/C54H101NO13/c1-3-5-7-9-11-13-15-17-19-21-22-23-25-27-29-31-33-35-37-43(58)42(55-46(59)38-36-34-32-30-28-26-24-20-18-16-14-12-10-8-6-4-2)41-65-53-51(64)49(62)52(45(40-57)67-53)68-54-50(63)48(61)47(60)44(39-56)66-54/h20,24,35,37,42-45,47-54,56-58,60-64H,3-19,21-23,25-34,36,38-41H2,1-2H3,(H,55,59)/b24-20-,37-35+. The Hall–Kier alpha value is -1.53. The van der Waals surface area contributed by atoms with Gasteiger partial charge < -0.3 is 65.1 Å². The van der Waals surface area contributed by atoms with Crippen molar-refractivity contribution < 1.29 is 64.6 Å². The second kappa shape index (κ2) is 41.0. The number of carbonyl (C=O) groups is 1. The highest BCUT2D eigenvalue weighted by molar-refractivity contribution is 5.76. The summed E-state index contributed by atoms with van der Waals surface area (Å²) in [5.74, 6) is -0.247. The molecule has 0 aromatic carbocycles. The van der Waals surface area contributed by atoms with Crippen molar-refractivity contribution in [1.29, 1.82) is 0 Å². The van der Waals surface area contributed by atoms with Gasteiger partial charge in [-0.15, -0.1) is 0 Å². The molecule has 12 atom stereocenters. The monoisotopic (exact) mass is 972 g/mol. The van der Waals surface area contributed by atoms with Gasteiger partial charge >= 0.3 is 0 Å². The van der Waals surface area contributed by atoms with Gasteiger partial charge in [-0.25, -0.2) is 0 Å². The molecule has 68 heavy (non-hydrogen) atoms. The molecule has 1 amide bonds. The van der Waals surface area contributed by atoms with Crippen LogP contribution in [0.25, 0.3) is 0 Å². The first kappa shape index (κ1) is 62.6. The minimum absolute atomic E-state index is 0.247. The summed E-state index contributed by atoms with van der Waals surface area (Å²) in [7, 11) is 0.